The molecule has 27 heavy (non-hydrogen) atoms. The van der Waals surface area contributed by atoms with E-state index >= 15 is 0 Å². The number of halogens is 9. The van der Waals surface area contributed by atoms with Crippen LogP contribution in [0.15, 0.2) is 42.5 Å². The molecule has 2 aliphatic carbocycles. The second kappa shape index (κ2) is 6.17. The number of hydrogen-bond acceptors (Lipinski definition) is 3. The molecule has 2 rings (SSSR count). The van der Waals surface area contributed by atoms with E-state index in [1.165, 1.54) is 24.3 Å². The smallest absolute Gasteiger partial charge is 0.377 e. The summed E-state index contributed by atoms with van der Waals surface area (Å²) in [6, 6.07) is 8.49. The van der Waals surface area contributed by atoms with Crippen molar-refractivity contribution in [3.05, 3.63) is 42.5 Å². The topological polar surface area (TPSA) is 43.4 Å². The van der Waals surface area contributed by atoms with Crippen LogP contribution in [0.5, 0.6) is 5.75 Å². The highest BCUT2D eigenvalue weighted by Gasteiger charge is 2.86. The van der Waals surface area contributed by atoms with Crippen LogP contribution >= 0.6 is 0 Å². The highest BCUT2D eigenvalue weighted by Crippen LogP contribution is 2.55. The van der Waals surface area contributed by atoms with Gasteiger partial charge < -0.3 is 4.18 Å². The summed E-state index contributed by atoms with van der Waals surface area (Å²) in [6.07, 6.45) is -7.14. The van der Waals surface area contributed by atoms with Gasteiger partial charge in [-0.1, -0.05) is 36.4 Å². The minimum Gasteiger partial charge on any atom is -0.377 e. The van der Waals surface area contributed by atoms with E-state index in [9.17, 15) is 47.9 Å². The number of fused-ring (bicyclic) bond motifs is 1. The lowest BCUT2D eigenvalue weighted by atomic mass is 10.1. The zero-order valence-corrected chi connectivity index (χ0v) is 13.4. The largest absolute Gasteiger partial charge is 0.460 e. The molecular weight excluding hydrogens is 419 g/mol. The average Bonchev–Trinajstić information content (AvgIpc) is 2.73. The van der Waals surface area contributed by atoms with Gasteiger partial charge in [0.1, 0.15) is 0 Å². The van der Waals surface area contributed by atoms with Gasteiger partial charge in [0.2, 0.25) is 0 Å². The molecule has 0 aliphatic heterocycles. The second-order valence-electron chi connectivity index (χ2n) is 5.18. The fourth-order valence-electron chi connectivity index (χ4n) is 1.95. The molecule has 0 saturated carbocycles. The molecule has 0 bridgehead atoms. The van der Waals surface area contributed by atoms with Crippen LogP contribution in [0.2, 0.25) is 0 Å². The van der Waals surface area contributed by atoms with Crippen LogP contribution in [0.4, 0.5) is 39.5 Å². The van der Waals surface area contributed by atoms with E-state index < -0.39 is 39.1 Å². The Morgan fingerprint density at radius 3 is 1.81 bits per heavy atom. The van der Waals surface area contributed by atoms with E-state index in [-0.39, 0.29) is 11.1 Å². The van der Waals surface area contributed by atoms with Gasteiger partial charge >= 0.3 is 33.4 Å². The molecular formula is C14H7F9O3S. The zero-order chi connectivity index (χ0) is 20.9. The summed E-state index contributed by atoms with van der Waals surface area (Å²) < 4.78 is 143. The van der Waals surface area contributed by atoms with Gasteiger partial charge in [0.05, 0.1) is 0 Å². The van der Waals surface area contributed by atoms with Crippen molar-refractivity contribution >= 4 is 10.1 Å². The molecule has 0 radical (unpaired) electrons. The van der Waals surface area contributed by atoms with Gasteiger partial charge in [-0.05, 0) is 11.6 Å². The fourth-order valence-corrected chi connectivity index (χ4v) is 2.88. The lowest BCUT2D eigenvalue weighted by Gasteiger charge is -2.32. The number of rotatable bonds is 5. The molecule has 0 heterocycles. The van der Waals surface area contributed by atoms with Crippen LogP contribution < -0.4 is 4.18 Å². The molecule has 0 aromatic rings. The normalized spacial score (nSPS) is 14.4. The van der Waals surface area contributed by atoms with Crippen molar-refractivity contribution in [2.24, 2.45) is 0 Å². The molecule has 3 nitrogen and oxygen atoms in total. The maximum absolute atomic E-state index is 13.6. The van der Waals surface area contributed by atoms with Crippen LogP contribution in [0.25, 0.3) is 11.1 Å². The van der Waals surface area contributed by atoms with Crippen molar-refractivity contribution < 1.29 is 52.1 Å². The Morgan fingerprint density at radius 2 is 1.26 bits per heavy atom. The maximum atomic E-state index is 13.6. The third-order valence-corrected chi connectivity index (χ3v) is 4.66. The van der Waals surface area contributed by atoms with E-state index in [2.05, 4.69) is 4.18 Å². The van der Waals surface area contributed by atoms with Crippen molar-refractivity contribution in [3.8, 4) is 16.9 Å². The van der Waals surface area contributed by atoms with Crippen molar-refractivity contribution in [2.45, 2.75) is 23.3 Å². The summed E-state index contributed by atoms with van der Waals surface area (Å²) >= 11 is 0. The number of alkyl halides is 9. The van der Waals surface area contributed by atoms with Gasteiger partial charge in [-0.2, -0.15) is 47.9 Å². The SMILES string of the molecule is O=S(=O)(Oc1ccc2cccccc1-2)C(F)(F)C(F)(F)C(F)(F)C(F)(F)F. The standard InChI is InChI=1S/C14H7F9O3S/c15-11(16,13(19,20)21)12(17,18)14(22,23)27(24,25)26-10-7-6-8-4-2-1-3-5-9(8)10/h1-7H. The lowest BCUT2D eigenvalue weighted by molar-refractivity contribution is -0.382. The maximum Gasteiger partial charge on any atom is 0.460 e. The Kier molecular flexibility index (Phi) is 4.83. The van der Waals surface area contributed by atoms with E-state index in [1.807, 2.05) is 0 Å². The molecule has 0 saturated heterocycles. The van der Waals surface area contributed by atoms with Crippen LogP contribution in [0, 0.1) is 0 Å². The highest BCUT2D eigenvalue weighted by atomic mass is 32.2. The Bertz CT molecular complexity index is 906. The Morgan fingerprint density at radius 1 is 0.704 bits per heavy atom. The average molecular weight is 426 g/mol. The molecule has 150 valence electrons. The molecule has 0 aromatic carbocycles. The van der Waals surface area contributed by atoms with E-state index in [0.717, 1.165) is 18.2 Å². The molecule has 0 fully saturated rings. The highest BCUT2D eigenvalue weighted by molar-refractivity contribution is 7.88. The Hall–Kier alpha value is -2.18. The predicted octanol–water partition coefficient (Wildman–Crippen LogP) is 4.93. The van der Waals surface area contributed by atoms with Crippen molar-refractivity contribution in [2.75, 3.05) is 0 Å². The lowest BCUT2D eigenvalue weighted by Crippen LogP contribution is -2.63. The molecule has 13 heteroatoms. The van der Waals surface area contributed by atoms with Gasteiger partial charge in [0.15, 0.2) is 5.75 Å². The summed E-state index contributed by atoms with van der Waals surface area (Å²) in [7, 11) is -6.96. The van der Waals surface area contributed by atoms with Gasteiger partial charge in [-0.25, -0.2) is 0 Å². The Labute approximate surface area is 145 Å². The first-order chi connectivity index (χ1) is 12.1. The van der Waals surface area contributed by atoms with Crippen LogP contribution in [-0.2, 0) is 10.1 Å². The van der Waals surface area contributed by atoms with Crippen molar-refractivity contribution in [1.82, 2.24) is 0 Å². The third kappa shape index (κ3) is 3.17. The number of hydrogen-bond donors (Lipinski definition) is 0. The Balaban J connectivity index is 2.49. The molecule has 0 aromatic heterocycles. The van der Waals surface area contributed by atoms with Gasteiger partial charge in [-0.3, -0.25) is 0 Å². The van der Waals surface area contributed by atoms with Crippen molar-refractivity contribution in [3.63, 3.8) is 0 Å². The summed E-state index contributed by atoms with van der Waals surface area (Å²) in [6.45, 7) is 0. The van der Waals surface area contributed by atoms with Gasteiger partial charge in [0.25, 0.3) is 0 Å². The molecule has 0 amide bonds. The quantitative estimate of drug-likeness (QED) is 0.503. The second-order valence-corrected chi connectivity index (χ2v) is 6.77. The van der Waals surface area contributed by atoms with Crippen LogP contribution in [-0.4, -0.2) is 31.7 Å². The van der Waals surface area contributed by atoms with Gasteiger partial charge in [-0.15, -0.1) is 0 Å². The minimum absolute atomic E-state index is 0.190. The fraction of sp³-hybridized carbons (Fsp3) is 0.286. The summed E-state index contributed by atoms with van der Waals surface area (Å²) in [5, 5.41) is -6.90. The van der Waals surface area contributed by atoms with E-state index in [4.69, 9.17) is 0 Å². The monoisotopic (exact) mass is 426 g/mol. The summed E-state index contributed by atoms with van der Waals surface area (Å²) in [5.74, 6) is -15.6. The van der Waals surface area contributed by atoms with Crippen LogP contribution in [0.1, 0.15) is 0 Å². The molecule has 2 aliphatic rings. The summed E-state index contributed by atoms with van der Waals surface area (Å²) in [4.78, 5) is 0. The van der Waals surface area contributed by atoms with E-state index in [0.29, 0.717) is 0 Å². The molecule has 0 spiro atoms. The van der Waals surface area contributed by atoms with Crippen molar-refractivity contribution in [1.29, 1.82) is 0 Å². The predicted molar refractivity (Wildman–Crippen MR) is 73.5 cm³/mol. The molecule has 0 unspecified atom stereocenters. The summed E-state index contributed by atoms with van der Waals surface area (Å²) in [5.41, 5.74) is 0.00571. The van der Waals surface area contributed by atoms with E-state index in [1.54, 1.807) is 0 Å². The minimum atomic E-state index is -7.35. The first-order valence-electron chi connectivity index (χ1n) is 6.68. The first-order valence-corrected chi connectivity index (χ1v) is 8.09. The molecule has 0 N–H and O–H groups in total. The molecule has 0 atom stereocenters. The zero-order valence-electron chi connectivity index (χ0n) is 12.6. The van der Waals surface area contributed by atoms with Crippen LogP contribution in [0.3, 0.4) is 0 Å². The third-order valence-electron chi connectivity index (χ3n) is 3.38. The first kappa shape index (κ1) is 21.1. The van der Waals surface area contributed by atoms with Gasteiger partial charge in [0, 0.05) is 5.56 Å².